The van der Waals surface area contributed by atoms with Crippen LogP contribution in [-0.4, -0.2) is 206 Å². The van der Waals surface area contributed by atoms with Crippen LogP contribution in [0.4, 0.5) is 0 Å². The number of halogens is 5. The van der Waals surface area contributed by atoms with Gasteiger partial charge in [-0.2, -0.15) is 0 Å². The quantitative estimate of drug-likeness (QED) is 0.00926. The second-order valence-electron chi connectivity index (χ2n) is 31.0. The number of hydrogen-bond donors (Lipinski definition) is 1. The third kappa shape index (κ3) is 27.6. The molecule has 15 rings (SSSR count). The van der Waals surface area contributed by atoms with Crippen LogP contribution in [0.1, 0.15) is 109 Å². The first kappa shape index (κ1) is 92.4. The van der Waals surface area contributed by atoms with E-state index in [4.69, 9.17) is 143 Å². The van der Waals surface area contributed by atoms with Gasteiger partial charge in [0.25, 0.3) is 0 Å². The fourth-order valence-corrected chi connectivity index (χ4v) is 14.5. The fraction of sp³-hybridized carbons (Fsp3) is 0.307. The summed E-state index contributed by atoms with van der Waals surface area (Å²) in [5.74, 6) is 2.22. The maximum atomic E-state index is 13.5. The molecule has 10 atom stereocenters. The molecular weight excluding hydrogens is 1760 g/mol. The number of aliphatic hydroxyl groups is 1. The summed E-state index contributed by atoms with van der Waals surface area (Å²) in [6, 6.07) is 81.8. The summed E-state index contributed by atoms with van der Waals surface area (Å²) in [4.78, 5) is 53.7. The highest BCUT2D eigenvalue weighted by Crippen LogP contribution is 2.40. The molecule has 129 heavy (non-hydrogen) atoms. The summed E-state index contributed by atoms with van der Waals surface area (Å²) in [5, 5.41) is 10.1. The molecule has 4 aliphatic rings. The summed E-state index contributed by atoms with van der Waals surface area (Å²) in [6.07, 6.45) is -3.43. The van der Waals surface area contributed by atoms with Crippen LogP contribution in [-0.2, 0) is 42.6 Å². The lowest BCUT2D eigenvalue weighted by atomic mass is 9.85. The van der Waals surface area contributed by atoms with Gasteiger partial charge in [0.1, 0.15) is 166 Å². The average Bonchev–Trinajstić information content (AvgIpc) is 1.25. The van der Waals surface area contributed by atoms with E-state index in [1.165, 1.54) is 48.5 Å². The molecule has 28 heteroatoms. The van der Waals surface area contributed by atoms with Crippen molar-refractivity contribution in [2.75, 3.05) is 122 Å². The van der Waals surface area contributed by atoms with E-state index in [1.807, 2.05) is 146 Å². The molecule has 0 aliphatic carbocycles. The lowest BCUT2D eigenvalue weighted by Crippen LogP contribution is -2.27. The molecule has 0 radical (unpaired) electrons. The number of aliphatic hydroxyl groups excluding tert-OH is 1. The van der Waals surface area contributed by atoms with Crippen LogP contribution in [0, 0.1) is 0 Å². The van der Waals surface area contributed by atoms with Gasteiger partial charge in [0.15, 0.2) is 6.79 Å². The van der Waals surface area contributed by atoms with Crippen LogP contribution in [0.3, 0.4) is 0 Å². The predicted molar refractivity (Wildman–Crippen MR) is 484 cm³/mol. The van der Waals surface area contributed by atoms with Gasteiger partial charge in [-0.05, 0) is 208 Å². The van der Waals surface area contributed by atoms with Crippen molar-refractivity contribution in [1.82, 2.24) is 0 Å². The van der Waals surface area contributed by atoms with Gasteiger partial charge in [-0.25, -0.2) is 19.2 Å². The van der Waals surface area contributed by atoms with E-state index in [1.54, 1.807) is 24.3 Å². The van der Waals surface area contributed by atoms with Crippen LogP contribution < -0.4 is 42.6 Å². The standard InChI is InChI=1S/C101H95Cl5O23/c102-45-77(107)50-112-78-27-9-64(10-28-78)95(67-15-33-81(34-16-67)115-53-89(48-105)128-100(110)75-5-7-76(8-6-75)101(111)129-90(49-106)54-116-82-35-17-68(18-36-82)97(71-23-41-85(42-24-71)119-57-93-61-123-93)72-25-43-86(44-26-72)120-58-94-62-124-94)66-13-31-80(32-14-66)114-52-88(47-104)127-99(109)74-3-1-73(2-4-74)98(108)126-63-125-87(46-103)51-113-79-29-11-65(12-30-79)96(69-19-37-83(38-20-69)117-55-91-59-121-91)70-21-39-84(40-22-70)118-56-92-60-122-92/h1-44,77,87-97,107H,45-63H2. The van der Waals surface area contributed by atoms with Gasteiger partial charge in [0.05, 0.1) is 78.1 Å². The maximum absolute atomic E-state index is 13.5. The summed E-state index contributed by atoms with van der Waals surface area (Å²) < 4.78 is 104. The van der Waals surface area contributed by atoms with Crippen LogP contribution in [0.15, 0.2) is 267 Å². The molecule has 11 aromatic rings. The number of carbonyl (C=O) groups excluding carboxylic acids is 4. The molecule has 0 aromatic heterocycles. The molecular formula is C101H95Cl5O23. The van der Waals surface area contributed by atoms with Crippen molar-refractivity contribution < 1.29 is 110 Å². The normalized spacial score (nSPS) is 17.0. The fourth-order valence-electron chi connectivity index (χ4n) is 13.8. The smallest absolute Gasteiger partial charge is 0.340 e. The van der Waals surface area contributed by atoms with Gasteiger partial charge in [-0.1, -0.05) is 109 Å². The minimum Gasteiger partial charge on any atom is -0.491 e. The number of alkyl halides is 5. The van der Waals surface area contributed by atoms with E-state index in [9.17, 15) is 24.3 Å². The Morgan fingerprint density at radius 3 is 0.659 bits per heavy atom. The van der Waals surface area contributed by atoms with E-state index in [0.717, 1.165) is 86.3 Å². The predicted octanol–water partition coefficient (Wildman–Crippen LogP) is 17.7. The number of hydrogen-bond acceptors (Lipinski definition) is 23. The van der Waals surface area contributed by atoms with E-state index in [2.05, 4.69) is 48.5 Å². The van der Waals surface area contributed by atoms with E-state index >= 15 is 0 Å². The van der Waals surface area contributed by atoms with Gasteiger partial charge in [0, 0.05) is 17.8 Å². The van der Waals surface area contributed by atoms with Crippen molar-refractivity contribution >= 4 is 81.9 Å². The highest BCUT2D eigenvalue weighted by atomic mass is 35.5. The maximum Gasteiger partial charge on any atom is 0.340 e. The lowest BCUT2D eigenvalue weighted by Gasteiger charge is -2.21. The molecule has 10 unspecified atom stereocenters. The van der Waals surface area contributed by atoms with Crippen molar-refractivity contribution in [1.29, 1.82) is 0 Å². The molecule has 0 spiro atoms. The zero-order chi connectivity index (χ0) is 89.2. The zero-order valence-corrected chi connectivity index (χ0v) is 73.9. The Balaban J connectivity index is 0.497. The van der Waals surface area contributed by atoms with Gasteiger partial charge in [-0.3, -0.25) is 0 Å². The molecule has 0 amide bonds. The second-order valence-corrected chi connectivity index (χ2v) is 32.6. The number of epoxide rings is 4. The number of benzene rings is 11. The van der Waals surface area contributed by atoms with Crippen LogP contribution in [0.25, 0.3) is 0 Å². The first-order valence-corrected chi connectivity index (χ1v) is 44.9. The zero-order valence-electron chi connectivity index (χ0n) is 70.1. The molecule has 672 valence electrons. The molecule has 4 heterocycles. The Morgan fingerprint density at radius 2 is 0.457 bits per heavy atom. The topological polar surface area (TPSA) is 268 Å². The minimum absolute atomic E-state index is 0.0131. The van der Waals surface area contributed by atoms with Crippen molar-refractivity contribution in [3.8, 4) is 51.7 Å². The van der Waals surface area contributed by atoms with Crippen molar-refractivity contribution in [3.63, 3.8) is 0 Å². The third-order valence-corrected chi connectivity index (χ3v) is 23.1. The van der Waals surface area contributed by atoms with Crippen molar-refractivity contribution in [3.05, 3.63) is 339 Å². The lowest BCUT2D eigenvalue weighted by molar-refractivity contribution is -0.0692. The first-order chi connectivity index (χ1) is 63.1. The molecule has 1 N–H and O–H groups in total. The van der Waals surface area contributed by atoms with Crippen molar-refractivity contribution in [2.45, 2.75) is 72.7 Å². The highest BCUT2D eigenvalue weighted by molar-refractivity contribution is 6.19. The minimum atomic E-state index is -0.862. The number of carbonyl (C=O) groups is 4. The Morgan fingerprint density at radius 1 is 0.264 bits per heavy atom. The van der Waals surface area contributed by atoms with Gasteiger partial charge < -0.3 is 90.4 Å². The van der Waals surface area contributed by atoms with Gasteiger partial charge in [-0.15, -0.1) is 58.0 Å². The first-order valence-electron chi connectivity index (χ1n) is 42.3. The van der Waals surface area contributed by atoms with Gasteiger partial charge in [0.2, 0.25) is 0 Å². The molecule has 0 bridgehead atoms. The monoisotopic (exact) mass is 1850 g/mol. The third-order valence-electron chi connectivity index (χ3n) is 21.4. The molecule has 11 aromatic carbocycles. The Labute approximate surface area is 772 Å². The number of ether oxygens (including phenoxy) is 18. The van der Waals surface area contributed by atoms with Crippen LogP contribution in [0.2, 0.25) is 0 Å². The molecule has 4 fully saturated rings. The summed E-state index contributed by atoms with van der Waals surface area (Å²) >= 11 is 31.2. The van der Waals surface area contributed by atoms with Crippen LogP contribution in [0.5, 0.6) is 51.7 Å². The molecule has 0 saturated carbocycles. The Bertz CT molecular complexity index is 5240. The molecule has 4 aliphatic heterocycles. The summed E-state index contributed by atoms with van der Waals surface area (Å²) in [7, 11) is 0. The number of esters is 4. The second kappa shape index (κ2) is 46.3. The van der Waals surface area contributed by atoms with E-state index in [-0.39, 0.29) is 127 Å². The number of rotatable bonds is 51. The molecule has 4 saturated heterocycles. The highest BCUT2D eigenvalue weighted by Gasteiger charge is 2.30. The SMILES string of the molecule is O=C(OCOC(CCl)COc1ccc(C(c2ccc(OCC3CO3)cc2)c2ccc(OCC3CO3)cc2)cc1)c1ccc(C(=O)OC(CCl)COc2ccc(C(c3ccc(OCC(O)CCl)cc3)c3ccc(OCC(CCl)OC(=O)c4ccc(C(=O)OC(CCl)COc5ccc(C(c6ccc(OCC7CO7)cc6)c6ccc(OCC7CO7)cc6)cc5)cc4)cc3)cc2)cc1. The van der Waals surface area contributed by atoms with Gasteiger partial charge >= 0.3 is 23.9 Å². The van der Waals surface area contributed by atoms with Crippen LogP contribution >= 0.6 is 58.0 Å². The average molecular weight is 1850 g/mol. The Kier molecular flexibility index (Phi) is 33.2. The molecule has 23 nitrogen and oxygen atoms in total. The summed E-state index contributed by atoms with van der Waals surface area (Å²) in [5.41, 5.74) is 9.63. The summed E-state index contributed by atoms with van der Waals surface area (Å²) in [6.45, 7) is 4.38. The van der Waals surface area contributed by atoms with E-state index < -0.39 is 61.2 Å². The largest absolute Gasteiger partial charge is 0.491 e. The van der Waals surface area contributed by atoms with Crippen molar-refractivity contribution in [2.24, 2.45) is 0 Å². The Hall–Kier alpha value is -11.3. The van der Waals surface area contributed by atoms with E-state index in [0.29, 0.717) is 68.4 Å².